The Hall–Kier alpha value is -0.300. The molecule has 0 heterocycles. The van der Waals surface area contributed by atoms with Crippen LogP contribution in [0.15, 0.2) is 0 Å². The third-order valence-electron chi connectivity index (χ3n) is 5.28. The molecule has 0 aromatic heterocycles. The molecule has 0 aromatic carbocycles. The van der Waals surface area contributed by atoms with Crippen LogP contribution in [0.1, 0.15) is 142 Å². The van der Waals surface area contributed by atoms with Crippen molar-refractivity contribution in [1.29, 1.82) is 0 Å². The Morgan fingerprint density at radius 2 is 0.571 bits per heavy atom. The zero-order valence-corrected chi connectivity index (χ0v) is 23.8. The van der Waals surface area contributed by atoms with Gasteiger partial charge in [0.15, 0.2) is 0 Å². The Morgan fingerprint density at radius 3 is 0.771 bits per heavy atom. The molecule has 216 valence electrons. The van der Waals surface area contributed by atoms with Gasteiger partial charge in [-0.3, -0.25) is 18.2 Å². The van der Waals surface area contributed by atoms with E-state index in [1.807, 2.05) is 0 Å². The molecule has 0 saturated carbocycles. The number of ether oxygens (including phenoxy) is 1. The molecule has 11 heteroatoms. The van der Waals surface area contributed by atoms with Gasteiger partial charge in [-0.2, -0.15) is 16.8 Å². The summed E-state index contributed by atoms with van der Waals surface area (Å²) in [6.45, 7) is 6.57. The second-order valence-corrected chi connectivity index (χ2v) is 10.7. The molecule has 0 fully saturated rings. The minimum Gasteiger partial charge on any atom is -0.381 e. The number of hydrogen-bond donors (Lipinski definition) is 4. The summed E-state index contributed by atoms with van der Waals surface area (Å²) in [7, 11) is -9.33. The van der Waals surface area contributed by atoms with Crippen molar-refractivity contribution in [3.63, 3.8) is 0 Å². The van der Waals surface area contributed by atoms with Gasteiger partial charge in [0, 0.05) is 13.2 Å². The Labute approximate surface area is 216 Å². The van der Waals surface area contributed by atoms with E-state index in [0.717, 1.165) is 13.2 Å². The lowest BCUT2D eigenvalue weighted by molar-refractivity contribution is 0.125. The topological polar surface area (TPSA) is 158 Å². The van der Waals surface area contributed by atoms with Crippen LogP contribution < -0.4 is 0 Å². The van der Waals surface area contributed by atoms with Crippen molar-refractivity contribution in [2.24, 2.45) is 0 Å². The first-order chi connectivity index (χ1) is 16.4. The van der Waals surface area contributed by atoms with Crippen molar-refractivity contribution in [3.05, 3.63) is 0 Å². The molecule has 0 aromatic rings. The molecule has 0 radical (unpaired) electrons. The Balaban J connectivity index is -0.000000853. The van der Waals surface area contributed by atoms with E-state index in [4.69, 9.17) is 39.8 Å². The maximum atomic E-state index is 8.74. The fraction of sp³-hybridized carbons (Fsp3) is 1.00. The smallest absolute Gasteiger partial charge is 0.381 e. The number of rotatable bonds is 22. The largest absolute Gasteiger partial charge is 0.394 e. The predicted octanol–water partition coefficient (Wildman–Crippen LogP) is 7.54. The highest BCUT2D eigenvalue weighted by atomic mass is 32.3. The second kappa shape index (κ2) is 29.9. The molecular formula is C24H54O9S2. The molecule has 35 heavy (non-hydrogen) atoms. The summed E-state index contributed by atoms with van der Waals surface area (Å²) in [6.07, 6.45) is 28.2. The zero-order chi connectivity index (χ0) is 27.3. The van der Waals surface area contributed by atoms with Crippen LogP contribution in [0.2, 0.25) is 0 Å². The quantitative estimate of drug-likeness (QED) is 0.0788. The van der Waals surface area contributed by atoms with Gasteiger partial charge < -0.3 is 4.74 Å². The standard InChI is InChI=1S/C24H50O.2H2O4S/c1-3-5-7-9-11-13-15-17-19-21-23-25-24-22-20-18-16-14-12-10-8-6-4-2;2*1-5(2,3)4/h3-24H2,1-2H3;2*(H2,1,2,3,4). The molecule has 0 aliphatic rings. The van der Waals surface area contributed by atoms with Crippen molar-refractivity contribution < 1.29 is 39.8 Å². The zero-order valence-electron chi connectivity index (χ0n) is 22.2. The van der Waals surface area contributed by atoms with Crippen molar-refractivity contribution in [3.8, 4) is 0 Å². The fourth-order valence-electron chi connectivity index (χ4n) is 3.49. The third-order valence-corrected chi connectivity index (χ3v) is 5.28. The van der Waals surface area contributed by atoms with E-state index in [-0.39, 0.29) is 0 Å². The summed E-state index contributed by atoms with van der Waals surface area (Å²) in [5, 5.41) is 0. The van der Waals surface area contributed by atoms with Crippen LogP contribution in [0, 0.1) is 0 Å². The summed E-state index contributed by atoms with van der Waals surface area (Å²) in [5.41, 5.74) is 0. The monoisotopic (exact) mass is 550 g/mol. The van der Waals surface area contributed by atoms with Crippen molar-refractivity contribution in [2.45, 2.75) is 142 Å². The SMILES string of the molecule is CCCCCCCCCCCCOCCCCCCCCCCCC.O=S(=O)(O)O.O=S(=O)(O)O. The van der Waals surface area contributed by atoms with Gasteiger partial charge in [0.05, 0.1) is 0 Å². The Bertz CT molecular complexity index is 526. The van der Waals surface area contributed by atoms with Gasteiger partial charge in [0.2, 0.25) is 0 Å². The average Bonchev–Trinajstić information content (AvgIpc) is 2.72. The van der Waals surface area contributed by atoms with Crippen LogP contribution in [-0.4, -0.2) is 48.3 Å². The molecule has 9 nitrogen and oxygen atoms in total. The van der Waals surface area contributed by atoms with E-state index in [1.54, 1.807) is 0 Å². The third kappa shape index (κ3) is 71.9. The molecule has 0 unspecified atom stereocenters. The minimum atomic E-state index is -4.67. The normalized spacial score (nSPS) is 11.4. The average molecular weight is 551 g/mol. The van der Waals surface area contributed by atoms with Gasteiger partial charge >= 0.3 is 20.8 Å². The van der Waals surface area contributed by atoms with E-state index in [9.17, 15) is 0 Å². The number of unbranched alkanes of at least 4 members (excludes halogenated alkanes) is 18. The molecule has 0 saturated heterocycles. The molecule has 0 rings (SSSR count). The summed E-state index contributed by atoms with van der Waals surface area (Å²) in [4.78, 5) is 0. The van der Waals surface area contributed by atoms with Crippen LogP contribution in [0.4, 0.5) is 0 Å². The molecule has 0 amide bonds. The Morgan fingerprint density at radius 1 is 0.400 bits per heavy atom. The maximum Gasteiger partial charge on any atom is 0.394 e. The molecule has 4 N–H and O–H groups in total. The van der Waals surface area contributed by atoms with E-state index < -0.39 is 20.8 Å². The summed E-state index contributed by atoms with van der Waals surface area (Å²) in [6, 6.07) is 0. The highest BCUT2D eigenvalue weighted by Gasteiger charge is 1.95. The second-order valence-electron chi connectivity index (χ2n) is 8.87. The Kier molecular flexibility index (Phi) is 33.5. The van der Waals surface area contributed by atoms with Crippen LogP contribution >= 0.6 is 0 Å². The maximum absolute atomic E-state index is 8.74. The fourth-order valence-corrected chi connectivity index (χ4v) is 3.49. The van der Waals surface area contributed by atoms with Gasteiger partial charge in [-0.15, -0.1) is 0 Å². The van der Waals surface area contributed by atoms with Gasteiger partial charge in [-0.05, 0) is 12.8 Å². The first-order valence-corrected chi connectivity index (χ1v) is 16.2. The highest BCUT2D eigenvalue weighted by molar-refractivity contribution is 7.80. The van der Waals surface area contributed by atoms with E-state index >= 15 is 0 Å². The lowest BCUT2D eigenvalue weighted by atomic mass is 10.1. The van der Waals surface area contributed by atoms with Crippen LogP contribution in [0.25, 0.3) is 0 Å². The van der Waals surface area contributed by atoms with Crippen LogP contribution in [0.5, 0.6) is 0 Å². The number of hydrogen-bond acceptors (Lipinski definition) is 5. The minimum absolute atomic E-state index is 0.994. The van der Waals surface area contributed by atoms with Gasteiger partial charge in [0.1, 0.15) is 0 Å². The van der Waals surface area contributed by atoms with Crippen LogP contribution in [0.3, 0.4) is 0 Å². The summed E-state index contributed by atoms with van der Waals surface area (Å²) >= 11 is 0. The van der Waals surface area contributed by atoms with E-state index in [0.29, 0.717) is 0 Å². The predicted molar refractivity (Wildman–Crippen MR) is 143 cm³/mol. The molecular weight excluding hydrogens is 496 g/mol. The molecule has 0 aliphatic carbocycles. The molecule has 0 atom stereocenters. The lowest BCUT2D eigenvalue weighted by Gasteiger charge is -2.05. The van der Waals surface area contributed by atoms with Crippen molar-refractivity contribution in [1.82, 2.24) is 0 Å². The van der Waals surface area contributed by atoms with Gasteiger partial charge in [-0.25, -0.2) is 0 Å². The van der Waals surface area contributed by atoms with Gasteiger partial charge in [0.25, 0.3) is 0 Å². The first kappa shape index (κ1) is 39.2. The molecule has 0 spiro atoms. The summed E-state index contributed by atoms with van der Waals surface area (Å²) < 4.78 is 68.9. The lowest BCUT2D eigenvalue weighted by Crippen LogP contribution is -1.97. The van der Waals surface area contributed by atoms with Crippen LogP contribution in [-0.2, 0) is 25.5 Å². The molecule has 0 aliphatic heterocycles. The summed E-state index contributed by atoms with van der Waals surface area (Å²) in [5.74, 6) is 0. The van der Waals surface area contributed by atoms with Gasteiger partial charge in [-0.1, -0.05) is 129 Å². The van der Waals surface area contributed by atoms with E-state index in [2.05, 4.69) is 13.8 Å². The van der Waals surface area contributed by atoms with Crippen molar-refractivity contribution >= 4 is 20.8 Å². The van der Waals surface area contributed by atoms with E-state index in [1.165, 1.54) is 128 Å². The van der Waals surface area contributed by atoms with Crippen molar-refractivity contribution in [2.75, 3.05) is 13.2 Å². The molecule has 0 bridgehead atoms. The highest BCUT2D eigenvalue weighted by Crippen LogP contribution is 2.12. The first-order valence-electron chi connectivity index (χ1n) is 13.4.